The Balaban J connectivity index is 1.49. The van der Waals surface area contributed by atoms with Crippen LogP contribution in [0, 0.1) is 0 Å². The van der Waals surface area contributed by atoms with Crippen molar-refractivity contribution in [1.82, 2.24) is 35.7 Å². The second-order valence-electron chi connectivity index (χ2n) is 13.2. The number of aromatic amines is 1. The number of aliphatic carboxylic acids is 1. The zero-order valence-electron chi connectivity index (χ0n) is 30.5. The maximum absolute atomic E-state index is 13.7. The number of nitrogens with zero attached hydrogens (tertiary/aromatic N) is 2. The van der Waals surface area contributed by atoms with Gasteiger partial charge in [0.1, 0.15) is 41.5 Å². The number of ether oxygens (including phenoxy) is 1. The molecule has 0 radical (unpaired) electrons. The Morgan fingerprint density at radius 3 is 2.18 bits per heavy atom. The molecule has 0 spiro atoms. The van der Waals surface area contributed by atoms with Crippen LogP contribution in [0.1, 0.15) is 37.6 Å². The first-order chi connectivity index (χ1) is 26.4. The van der Waals surface area contributed by atoms with Crippen molar-refractivity contribution in [2.24, 2.45) is 5.73 Å². The lowest BCUT2D eigenvalue weighted by Gasteiger charge is -2.33. The molecule has 7 atom stereocenters. The fourth-order valence-corrected chi connectivity index (χ4v) is 5.77. The number of hydrogen-bond acceptors (Lipinski definition) is 12. The lowest BCUT2D eigenvalue weighted by molar-refractivity contribution is -0.139. The van der Waals surface area contributed by atoms with Crippen LogP contribution in [0.2, 0.25) is 0 Å². The van der Waals surface area contributed by atoms with E-state index >= 15 is 0 Å². The number of H-pyrrole nitrogens is 1. The molecule has 11 N–H and O–H groups in total. The summed E-state index contributed by atoms with van der Waals surface area (Å²) >= 11 is 0. The first-order valence-electron chi connectivity index (χ1n) is 17.3. The number of rotatable bonds is 15. The molecule has 1 aliphatic heterocycles. The number of aliphatic hydroxyl groups excluding tert-OH is 1. The Morgan fingerprint density at radius 1 is 0.964 bits per heavy atom. The van der Waals surface area contributed by atoms with Gasteiger partial charge in [-0.3, -0.25) is 28.7 Å². The molecule has 0 bridgehead atoms. The predicted octanol–water partition coefficient (Wildman–Crippen LogP) is -1.53. The number of urea groups is 1. The van der Waals surface area contributed by atoms with E-state index in [-0.39, 0.29) is 36.5 Å². The van der Waals surface area contributed by atoms with Crippen LogP contribution in [0.15, 0.2) is 82.3 Å². The monoisotopic (exact) mass is 780 g/mol. The van der Waals surface area contributed by atoms with E-state index in [4.69, 9.17) is 10.5 Å². The molecule has 0 saturated carbocycles. The van der Waals surface area contributed by atoms with E-state index in [0.29, 0.717) is 11.1 Å². The molecule has 2 aromatic carbocycles. The molecule has 1 aliphatic rings. The minimum Gasteiger partial charge on any atom is -0.508 e. The topological polar surface area (TPSA) is 308 Å². The van der Waals surface area contributed by atoms with Crippen molar-refractivity contribution in [2.45, 2.75) is 75.7 Å². The third-order valence-electron chi connectivity index (χ3n) is 8.91. The molecule has 20 nitrogen and oxygen atoms in total. The zero-order valence-corrected chi connectivity index (χ0v) is 30.5. The van der Waals surface area contributed by atoms with Gasteiger partial charge < -0.3 is 57.1 Å². The summed E-state index contributed by atoms with van der Waals surface area (Å²) in [6, 6.07) is 5.42. The smallest absolute Gasteiger partial charge is 0.331 e. The molecule has 20 heteroatoms. The number of aliphatic hydroxyl groups is 1. The minimum absolute atomic E-state index is 0.0228. The number of aromatic hydroxyl groups is 2. The van der Waals surface area contributed by atoms with Crippen LogP contribution in [0.3, 0.4) is 0 Å². The summed E-state index contributed by atoms with van der Waals surface area (Å²) in [7, 11) is 1.36. The number of phenols is 2. The Labute approximate surface area is 319 Å². The molecule has 0 aliphatic carbocycles. The number of carboxylic acid groups (broad SMARTS) is 1. The number of likely N-dealkylation sites (N-methyl/N-ethyl adjacent to an activating group) is 1. The Kier molecular flexibility index (Phi) is 14.0. The van der Waals surface area contributed by atoms with Crippen LogP contribution in [0.5, 0.6) is 11.5 Å². The number of carboxylic acids is 1. The highest BCUT2D eigenvalue weighted by Gasteiger charge is 2.36. The van der Waals surface area contributed by atoms with Crippen molar-refractivity contribution in [3.05, 3.63) is 105 Å². The number of nitrogens with one attached hydrogen (secondary N) is 5. The SMILES string of the molecule is C[C@H](NC(=O)N[C@@H](Cc1cccc(O)c1)C(=O)O)C(=O)N[C@H](C(=O)N/C=C1/CC(O)C(n2ccc(=O)[nH]c2=O)O1)[C@H](C)N(C)C(=O)[C@@H](N)Cc1cccc(O)c1. The fraction of sp³-hybridized carbons (Fsp3) is 0.361. The number of carbonyl (C=O) groups excluding carboxylic acids is 4. The molecule has 1 fully saturated rings. The Morgan fingerprint density at radius 2 is 1.59 bits per heavy atom. The van der Waals surface area contributed by atoms with E-state index in [9.17, 15) is 54.0 Å². The van der Waals surface area contributed by atoms with E-state index in [1.807, 2.05) is 0 Å². The summed E-state index contributed by atoms with van der Waals surface area (Å²) in [6.07, 6.45) is -0.601. The number of nitrogens with two attached hydrogens (primary N) is 1. The summed E-state index contributed by atoms with van der Waals surface area (Å²) in [4.78, 5) is 92.2. The Hall–Kier alpha value is -6.67. The average molecular weight is 781 g/mol. The highest BCUT2D eigenvalue weighted by Crippen LogP contribution is 2.29. The van der Waals surface area contributed by atoms with Crippen molar-refractivity contribution in [3.8, 4) is 11.5 Å². The number of phenolic OH excluding ortho intramolecular Hbond substituents is 2. The summed E-state index contributed by atoms with van der Waals surface area (Å²) < 4.78 is 6.60. The van der Waals surface area contributed by atoms with Gasteiger partial charge in [-0.25, -0.2) is 14.4 Å². The quantitative estimate of drug-likeness (QED) is 0.0839. The molecule has 1 saturated heterocycles. The van der Waals surface area contributed by atoms with Gasteiger partial charge in [0.15, 0.2) is 0 Å². The molecular formula is C36H44N8O12. The normalized spacial score (nSPS) is 18.3. The molecule has 2 heterocycles. The summed E-state index contributed by atoms with van der Waals surface area (Å²) in [6.45, 7) is 2.73. The summed E-state index contributed by atoms with van der Waals surface area (Å²) in [5.41, 5.74) is 5.68. The van der Waals surface area contributed by atoms with E-state index in [2.05, 4.69) is 26.3 Å². The molecule has 5 amide bonds. The van der Waals surface area contributed by atoms with Crippen molar-refractivity contribution >= 4 is 29.7 Å². The molecule has 4 rings (SSSR count). The highest BCUT2D eigenvalue weighted by molar-refractivity contribution is 5.93. The lowest BCUT2D eigenvalue weighted by atomic mass is 10.0. The molecule has 300 valence electrons. The van der Waals surface area contributed by atoms with Crippen LogP contribution in [-0.4, -0.2) is 108 Å². The molecule has 3 aromatic rings. The number of amides is 5. The number of carbonyl (C=O) groups is 5. The van der Waals surface area contributed by atoms with Gasteiger partial charge in [0.2, 0.25) is 23.9 Å². The maximum Gasteiger partial charge on any atom is 0.331 e. The third kappa shape index (κ3) is 11.2. The largest absolute Gasteiger partial charge is 0.508 e. The second-order valence-corrected chi connectivity index (χ2v) is 13.2. The molecule has 1 aromatic heterocycles. The van der Waals surface area contributed by atoms with Crippen LogP contribution in [-0.2, 0) is 36.8 Å². The minimum atomic E-state index is -1.52. The van der Waals surface area contributed by atoms with Gasteiger partial charge in [-0.1, -0.05) is 24.3 Å². The molecule has 56 heavy (non-hydrogen) atoms. The van der Waals surface area contributed by atoms with Gasteiger partial charge >= 0.3 is 17.7 Å². The Bertz CT molecular complexity index is 2080. The van der Waals surface area contributed by atoms with Crippen LogP contribution >= 0.6 is 0 Å². The van der Waals surface area contributed by atoms with Crippen molar-refractivity contribution < 1.29 is 49.1 Å². The maximum atomic E-state index is 13.7. The van der Waals surface area contributed by atoms with Crippen LogP contribution < -0.4 is 38.2 Å². The van der Waals surface area contributed by atoms with Gasteiger partial charge in [0.05, 0.1) is 12.1 Å². The first kappa shape index (κ1) is 42.1. The fourth-order valence-electron chi connectivity index (χ4n) is 5.77. The van der Waals surface area contributed by atoms with E-state index in [0.717, 1.165) is 27.9 Å². The number of benzene rings is 2. The second kappa shape index (κ2) is 18.6. The van der Waals surface area contributed by atoms with Gasteiger partial charge in [-0.15, -0.1) is 0 Å². The predicted molar refractivity (Wildman–Crippen MR) is 197 cm³/mol. The van der Waals surface area contributed by atoms with E-state index < -0.39 is 83.5 Å². The van der Waals surface area contributed by atoms with E-state index in [1.165, 1.54) is 51.2 Å². The summed E-state index contributed by atoms with van der Waals surface area (Å²) in [5.74, 6) is -3.90. The van der Waals surface area contributed by atoms with Crippen molar-refractivity contribution in [1.29, 1.82) is 0 Å². The zero-order chi connectivity index (χ0) is 41.3. The number of hydrogen-bond donors (Lipinski definition) is 10. The van der Waals surface area contributed by atoms with Crippen LogP contribution in [0.25, 0.3) is 0 Å². The van der Waals surface area contributed by atoms with Gasteiger partial charge in [0.25, 0.3) is 5.56 Å². The van der Waals surface area contributed by atoms with Crippen LogP contribution in [0.4, 0.5) is 4.79 Å². The lowest BCUT2D eigenvalue weighted by Crippen LogP contribution is -2.61. The van der Waals surface area contributed by atoms with Gasteiger partial charge in [-0.05, 0) is 55.7 Å². The summed E-state index contributed by atoms with van der Waals surface area (Å²) in [5, 5.41) is 49.3. The van der Waals surface area contributed by atoms with Crippen molar-refractivity contribution in [3.63, 3.8) is 0 Å². The number of aromatic nitrogens is 2. The van der Waals surface area contributed by atoms with E-state index in [1.54, 1.807) is 18.2 Å². The standard InChI is InChI=1S/C36H44N8O12/c1-18(39-35(54)40-26(34(52)53)15-21-7-5-9-23(46)13-21)30(49)42-29(19(2)43(3)32(51)25(37)14-20-6-4-8-22(45)12-20)31(50)38-17-24-16-27(47)33(56-24)44-11-10-28(48)41-36(44)55/h4-13,17-19,25-27,29,33,45-47H,14-16,37H2,1-3H3,(H,38,50)(H,42,49)(H,52,53)(H2,39,40,54)(H,41,48,55)/b24-17-/t18-,19-,25-,26-,27?,29-,33?/m0/s1. The third-order valence-corrected chi connectivity index (χ3v) is 8.91. The first-order valence-corrected chi connectivity index (χ1v) is 17.3. The van der Waals surface area contributed by atoms with Gasteiger partial charge in [-0.2, -0.15) is 0 Å². The molecule has 2 unspecified atom stereocenters. The molecular weight excluding hydrogens is 736 g/mol. The van der Waals surface area contributed by atoms with Crippen molar-refractivity contribution in [2.75, 3.05) is 7.05 Å². The highest BCUT2D eigenvalue weighted by atomic mass is 16.5. The van der Waals surface area contributed by atoms with Gasteiger partial charge in [0, 0.05) is 38.4 Å². The average Bonchev–Trinajstić information content (AvgIpc) is 3.50.